The lowest BCUT2D eigenvalue weighted by Crippen LogP contribution is -2.10. The summed E-state index contributed by atoms with van der Waals surface area (Å²) in [5.74, 6) is 1.44. The quantitative estimate of drug-likeness (QED) is 0.691. The van der Waals surface area contributed by atoms with Crippen molar-refractivity contribution in [2.24, 2.45) is 0 Å². The largest absolute Gasteiger partial charge is 0.475 e. The van der Waals surface area contributed by atoms with E-state index in [2.05, 4.69) is 15.3 Å². The van der Waals surface area contributed by atoms with E-state index in [1.165, 1.54) is 12.8 Å². The molecule has 6 nitrogen and oxygen atoms in total. The second-order valence-corrected chi connectivity index (χ2v) is 3.91. The highest BCUT2D eigenvalue weighted by Gasteiger charge is 2.21. The molecule has 0 spiro atoms. The molecule has 3 N–H and O–H groups in total. The number of hydrogen-bond donors (Lipinski definition) is 2. The summed E-state index contributed by atoms with van der Waals surface area (Å²) in [5.41, 5.74) is 5.61. The van der Waals surface area contributed by atoms with Crippen molar-refractivity contribution in [3.63, 3.8) is 0 Å². The molecule has 94 valence electrons. The Kier molecular flexibility index (Phi) is 3.98. The fourth-order valence-corrected chi connectivity index (χ4v) is 1.38. The van der Waals surface area contributed by atoms with E-state index < -0.39 is 0 Å². The van der Waals surface area contributed by atoms with Crippen molar-refractivity contribution < 1.29 is 9.47 Å². The van der Waals surface area contributed by atoms with Crippen LogP contribution in [-0.2, 0) is 4.74 Å². The molecular formula is C11H18N4O2. The highest BCUT2D eigenvalue weighted by molar-refractivity contribution is 5.44. The molecule has 0 unspecified atom stereocenters. The van der Waals surface area contributed by atoms with Gasteiger partial charge in [-0.25, -0.2) is 0 Å². The van der Waals surface area contributed by atoms with Gasteiger partial charge in [0.15, 0.2) is 0 Å². The third kappa shape index (κ3) is 4.07. The zero-order chi connectivity index (χ0) is 12.1. The highest BCUT2D eigenvalue weighted by atomic mass is 16.5. The summed E-state index contributed by atoms with van der Waals surface area (Å²) in [6.07, 6.45) is 2.37. The summed E-state index contributed by atoms with van der Waals surface area (Å²) < 4.78 is 10.6. The minimum absolute atomic E-state index is 0.224. The van der Waals surface area contributed by atoms with Crippen molar-refractivity contribution in [2.75, 3.05) is 30.9 Å². The number of nitrogens with zero attached hydrogens (tertiary/aromatic N) is 2. The fourth-order valence-electron chi connectivity index (χ4n) is 1.38. The smallest absolute Gasteiger partial charge is 0.225 e. The minimum Gasteiger partial charge on any atom is -0.475 e. The summed E-state index contributed by atoms with van der Waals surface area (Å²) in [5, 5.41) is 3.26. The molecule has 1 aromatic rings. The van der Waals surface area contributed by atoms with Gasteiger partial charge in [-0.05, 0) is 19.8 Å². The Labute approximate surface area is 101 Å². The molecule has 0 radical (unpaired) electrons. The van der Waals surface area contributed by atoms with E-state index in [1.807, 2.05) is 6.92 Å². The molecule has 1 aliphatic rings. The summed E-state index contributed by atoms with van der Waals surface area (Å²) >= 11 is 0. The van der Waals surface area contributed by atoms with Gasteiger partial charge in [-0.15, -0.1) is 0 Å². The Morgan fingerprint density at radius 3 is 2.94 bits per heavy atom. The van der Waals surface area contributed by atoms with E-state index in [-0.39, 0.29) is 5.95 Å². The normalized spacial score (nSPS) is 14.6. The van der Waals surface area contributed by atoms with Crippen LogP contribution < -0.4 is 15.8 Å². The fraction of sp³-hybridized carbons (Fsp3) is 0.636. The van der Waals surface area contributed by atoms with Gasteiger partial charge < -0.3 is 20.5 Å². The Hall–Kier alpha value is -1.56. The molecule has 0 aromatic carbocycles. The summed E-state index contributed by atoms with van der Waals surface area (Å²) in [4.78, 5) is 8.11. The van der Waals surface area contributed by atoms with Crippen LogP contribution in [0.15, 0.2) is 6.07 Å². The first kappa shape index (κ1) is 11.9. The molecule has 1 saturated carbocycles. The van der Waals surface area contributed by atoms with Gasteiger partial charge in [0.25, 0.3) is 0 Å². The second-order valence-electron chi connectivity index (χ2n) is 3.91. The van der Waals surface area contributed by atoms with Gasteiger partial charge in [-0.2, -0.15) is 9.97 Å². The van der Waals surface area contributed by atoms with Crippen LogP contribution >= 0.6 is 0 Å². The Morgan fingerprint density at radius 2 is 2.24 bits per heavy atom. The van der Waals surface area contributed by atoms with E-state index in [9.17, 15) is 0 Å². The Bertz CT molecular complexity index is 368. The molecule has 17 heavy (non-hydrogen) atoms. The lowest BCUT2D eigenvalue weighted by molar-refractivity contribution is 0.108. The van der Waals surface area contributed by atoms with Gasteiger partial charge in [0, 0.05) is 18.7 Å². The maximum Gasteiger partial charge on any atom is 0.225 e. The third-order valence-electron chi connectivity index (χ3n) is 2.33. The lowest BCUT2D eigenvalue weighted by atomic mass is 10.5. The van der Waals surface area contributed by atoms with E-state index in [0.29, 0.717) is 31.7 Å². The second kappa shape index (κ2) is 5.67. The molecule has 1 aliphatic carbocycles. The zero-order valence-corrected chi connectivity index (χ0v) is 9.98. The van der Waals surface area contributed by atoms with Crippen LogP contribution in [0.4, 0.5) is 11.8 Å². The predicted molar refractivity (Wildman–Crippen MR) is 65.1 cm³/mol. The zero-order valence-electron chi connectivity index (χ0n) is 9.98. The molecule has 2 rings (SSSR count). The van der Waals surface area contributed by atoms with Crippen LogP contribution in [0.3, 0.4) is 0 Å². The van der Waals surface area contributed by atoms with Crippen molar-refractivity contribution in [3.8, 4) is 5.88 Å². The summed E-state index contributed by atoms with van der Waals surface area (Å²) in [7, 11) is 0. The molecule has 0 amide bonds. The number of nitrogens with two attached hydrogens (primary N) is 1. The van der Waals surface area contributed by atoms with Crippen molar-refractivity contribution in [1.29, 1.82) is 0 Å². The number of nitrogens with one attached hydrogen (secondary N) is 1. The predicted octanol–water partition coefficient (Wildman–Crippen LogP) is 1.05. The first-order valence-electron chi connectivity index (χ1n) is 5.89. The van der Waals surface area contributed by atoms with Gasteiger partial charge in [-0.1, -0.05) is 0 Å². The topological polar surface area (TPSA) is 82.3 Å². The van der Waals surface area contributed by atoms with Gasteiger partial charge in [-0.3, -0.25) is 0 Å². The minimum atomic E-state index is 0.224. The number of rotatable bonds is 7. The van der Waals surface area contributed by atoms with Crippen molar-refractivity contribution >= 4 is 11.8 Å². The van der Waals surface area contributed by atoms with Gasteiger partial charge in [0.1, 0.15) is 12.4 Å². The molecule has 1 aromatic heterocycles. The summed E-state index contributed by atoms with van der Waals surface area (Å²) in [6, 6.07) is 2.29. The van der Waals surface area contributed by atoms with Gasteiger partial charge in [0.2, 0.25) is 11.8 Å². The molecule has 1 fully saturated rings. The monoisotopic (exact) mass is 238 g/mol. The van der Waals surface area contributed by atoms with E-state index in [0.717, 1.165) is 5.82 Å². The first-order valence-corrected chi connectivity index (χ1v) is 5.89. The Morgan fingerprint density at radius 1 is 1.41 bits per heavy atom. The van der Waals surface area contributed by atoms with Crippen LogP contribution in [0.25, 0.3) is 0 Å². The van der Waals surface area contributed by atoms with Crippen LogP contribution in [0.1, 0.15) is 19.8 Å². The molecule has 0 bridgehead atoms. The van der Waals surface area contributed by atoms with Crippen molar-refractivity contribution in [3.05, 3.63) is 6.07 Å². The van der Waals surface area contributed by atoms with Gasteiger partial charge in [0.05, 0.1) is 6.61 Å². The summed E-state index contributed by atoms with van der Waals surface area (Å²) in [6.45, 7) is 3.64. The van der Waals surface area contributed by atoms with E-state index in [1.54, 1.807) is 6.07 Å². The van der Waals surface area contributed by atoms with E-state index in [4.69, 9.17) is 15.2 Å². The van der Waals surface area contributed by atoms with Gasteiger partial charge >= 0.3 is 0 Å². The molecule has 0 atom stereocenters. The number of hydrogen-bond acceptors (Lipinski definition) is 6. The SMILES string of the molecule is CCOCCOc1cc(NC2CC2)nc(N)n1. The van der Waals surface area contributed by atoms with E-state index >= 15 is 0 Å². The van der Waals surface area contributed by atoms with Crippen LogP contribution in [0, 0.1) is 0 Å². The highest BCUT2D eigenvalue weighted by Crippen LogP contribution is 2.25. The lowest BCUT2D eigenvalue weighted by Gasteiger charge is -2.08. The standard InChI is InChI=1S/C11H18N4O2/c1-2-16-5-6-17-10-7-9(13-8-3-4-8)14-11(12)15-10/h7-8H,2-6H2,1H3,(H3,12,13,14,15). The van der Waals surface area contributed by atoms with Crippen molar-refractivity contribution in [1.82, 2.24) is 9.97 Å². The van der Waals surface area contributed by atoms with Crippen LogP contribution in [-0.4, -0.2) is 35.8 Å². The van der Waals surface area contributed by atoms with Crippen molar-refractivity contribution in [2.45, 2.75) is 25.8 Å². The Balaban J connectivity index is 1.88. The average molecular weight is 238 g/mol. The molecule has 0 saturated heterocycles. The van der Waals surface area contributed by atoms with Crippen LogP contribution in [0.5, 0.6) is 5.88 Å². The third-order valence-corrected chi connectivity index (χ3v) is 2.33. The molecule has 1 heterocycles. The molecule has 0 aliphatic heterocycles. The number of aromatic nitrogens is 2. The number of anilines is 2. The number of nitrogen functional groups attached to an aromatic ring is 1. The average Bonchev–Trinajstić information content (AvgIpc) is 3.07. The first-order chi connectivity index (χ1) is 8.28. The number of ether oxygens (including phenoxy) is 2. The molecule has 6 heteroatoms. The maximum atomic E-state index is 5.61. The maximum absolute atomic E-state index is 5.61. The molecular weight excluding hydrogens is 220 g/mol. The van der Waals surface area contributed by atoms with Crippen LogP contribution in [0.2, 0.25) is 0 Å².